The first-order valence-corrected chi connectivity index (χ1v) is 5.56. The summed E-state index contributed by atoms with van der Waals surface area (Å²) in [5.74, 6) is 0. The van der Waals surface area contributed by atoms with Crippen molar-refractivity contribution in [2.24, 2.45) is 0 Å². The van der Waals surface area contributed by atoms with E-state index in [1.807, 2.05) is 0 Å². The summed E-state index contributed by atoms with van der Waals surface area (Å²) < 4.78 is 1.05. The van der Waals surface area contributed by atoms with E-state index in [0.29, 0.717) is 15.6 Å². The maximum Gasteiger partial charge on any atom is 0.328 e. The van der Waals surface area contributed by atoms with Gasteiger partial charge in [0.2, 0.25) is 0 Å². The lowest BCUT2D eigenvalue weighted by molar-refractivity contribution is 0.699. The number of aromatic amines is 1. The van der Waals surface area contributed by atoms with E-state index in [2.05, 4.69) is 4.98 Å². The van der Waals surface area contributed by atoms with Crippen molar-refractivity contribution in [1.29, 1.82) is 0 Å². The highest BCUT2D eigenvalue weighted by molar-refractivity contribution is 6.42. The zero-order valence-electron chi connectivity index (χ0n) is 8.61. The van der Waals surface area contributed by atoms with E-state index in [1.165, 1.54) is 12.3 Å². The molecule has 1 aromatic heterocycles. The third-order valence-electron chi connectivity index (χ3n) is 2.30. The first-order chi connectivity index (χ1) is 8.09. The Bertz CT molecular complexity index is 633. The van der Waals surface area contributed by atoms with Crippen LogP contribution in [0.5, 0.6) is 0 Å². The van der Waals surface area contributed by atoms with Crippen LogP contribution in [0.15, 0.2) is 40.1 Å². The third-order valence-corrected chi connectivity index (χ3v) is 3.16. The number of benzene rings is 1. The number of hydrogen-bond acceptors (Lipinski definition) is 2. The van der Waals surface area contributed by atoms with Gasteiger partial charge in [-0.3, -0.25) is 9.36 Å². The predicted octanol–water partition coefficient (Wildman–Crippen LogP) is 1.89. The molecule has 0 fully saturated rings. The minimum absolute atomic E-state index is 0.0917. The van der Waals surface area contributed by atoms with E-state index in [4.69, 9.17) is 23.2 Å². The molecule has 17 heavy (non-hydrogen) atoms. The summed E-state index contributed by atoms with van der Waals surface area (Å²) in [4.78, 5) is 25.4. The quantitative estimate of drug-likeness (QED) is 0.906. The molecule has 1 aromatic carbocycles. The molecule has 0 bridgehead atoms. The number of rotatable bonds is 2. The van der Waals surface area contributed by atoms with Crippen molar-refractivity contribution < 1.29 is 0 Å². The van der Waals surface area contributed by atoms with Crippen LogP contribution in [-0.2, 0) is 6.54 Å². The minimum Gasteiger partial charge on any atom is -0.314 e. The summed E-state index contributed by atoms with van der Waals surface area (Å²) in [5, 5.41) is 0.744. The highest BCUT2D eigenvalue weighted by Gasteiger charge is 2.07. The minimum atomic E-state index is -0.478. The Morgan fingerprint density at radius 1 is 1.18 bits per heavy atom. The van der Waals surface area contributed by atoms with E-state index in [1.54, 1.807) is 18.2 Å². The maximum absolute atomic E-state index is 11.5. The van der Waals surface area contributed by atoms with Gasteiger partial charge >= 0.3 is 5.69 Å². The normalized spacial score (nSPS) is 10.5. The van der Waals surface area contributed by atoms with Crippen molar-refractivity contribution in [2.75, 3.05) is 0 Å². The summed E-state index contributed by atoms with van der Waals surface area (Å²) in [7, 11) is 0. The standard InChI is InChI=1S/C11H8Cl2N2O2/c12-8-3-1-2-7(10(8)13)6-15-9(16)4-5-14-11(15)17/h1-5H,6H2,(H,14,17). The van der Waals surface area contributed by atoms with Crippen molar-refractivity contribution >= 4 is 23.2 Å². The molecule has 6 heteroatoms. The molecule has 0 unspecified atom stereocenters. The lowest BCUT2D eigenvalue weighted by atomic mass is 10.2. The zero-order valence-corrected chi connectivity index (χ0v) is 10.1. The lowest BCUT2D eigenvalue weighted by Gasteiger charge is -2.06. The SMILES string of the molecule is O=c1cc[nH]c(=O)n1Cc1cccc(Cl)c1Cl. The van der Waals surface area contributed by atoms with Gasteiger partial charge in [0, 0.05) is 12.3 Å². The van der Waals surface area contributed by atoms with Crippen molar-refractivity contribution in [1.82, 2.24) is 9.55 Å². The van der Waals surface area contributed by atoms with Gasteiger partial charge in [-0.1, -0.05) is 35.3 Å². The second-order valence-corrected chi connectivity index (χ2v) is 4.21. The molecular formula is C11H8Cl2N2O2. The van der Waals surface area contributed by atoms with Crippen LogP contribution in [0.4, 0.5) is 0 Å². The molecule has 0 aliphatic carbocycles. The largest absolute Gasteiger partial charge is 0.328 e. The summed E-state index contributed by atoms with van der Waals surface area (Å²) in [6, 6.07) is 6.35. The van der Waals surface area contributed by atoms with Crippen LogP contribution in [-0.4, -0.2) is 9.55 Å². The summed E-state index contributed by atoms with van der Waals surface area (Å²) in [6.07, 6.45) is 1.31. The van der Waals surface area contributed by atoms with Crippen LogP contribution in [0.25, 0.3) is 0 Å². The van der Waals surface area contributed by atoms with Crippen LogP contribution in [0.2, 0.25) is 10.0 Å². The number of halogens is 2. The van der Waals surface area contributed by atoms with E-state index >= 15 is 0 Å². The predicted molar refractivity (Wildman–Crippen MR) is 66.9 cm³/mol. The van der Waals surface area contributed by atoms with Gasteiger partial charge in [-0.05, 0) is 11.6 Å². The molecule has 2 rings (SSSR count). The number of nitrogens with zero attached hydrogens (tertiary/aromatic N) is 1. The van der Waals surface area contributed by atoms with Gasteiger partial charge < -0.3 is 4.98 Å². The van der Waals surface area contributed by atoms with Gasteiger partial charge in [-0.25, -0.2) is 4.79 Å². The van der Waals surface area contributed by atoms with Gasteiger partial charge in [0.05, 0.1) is 16.6 Å². The Hall–Kier alpha value is -1.52. The maximum atomic E-state index is 11.5. The first kappa shape index (κ1) is 12.0. The highest BCUT2D eigenvalue weighted by Crippen LogP contribution is 2.25. The fraction of sp³-hybridized carbons (Fsp3) is 0.0909. The second kappa shape index (κ2) is 4.77. The van der Waals surface area contributed by atoms with Crippen LogP contribution >= 0.6 is 23.2 Å². The molecule has 0 saturated carbocycles. The van der Waals surface area contributed by atoms with Gasteiger partial charge in [-0.15, -0.1) is 0 Å². The smallest absolute Gasteiger partial charge is 0.314 e. The number of hydrogen-bond donors (Lipinski definition) is 1. The van der Waals surface area contributed by atoms with E-state index in [-0.39, 0.29) is 12.1 Å². The second-order valence-electron chi connectivity index (χ2n) is 3.42. The monoisotopic (exact) mass is 270 g/mol. The Morgan fingerprint density at radius 3 is 2.65 bits per heavy atom. The summed E-state index contributed by atoms with van der Waals surface area (Å²) in [6.45, 7) is 0.0917. The number of aromatic nitrogens is 2. The molecule has 0 atom stereocenters. The molecule has 0 aliphatic heterocycles. The lowest BCUT2D eigenvalue weighted by Crippen LogP contribution is -2.34. The Labute approximate surface area is 106 Å². The van der Waals surface area contributed by atoms with Crippen LogP contribution in [0.1, 0.15) is 5.56 Å². The third kappa shape index (κ3) is 2.43. The fourth-order valence-electron chi connectivity index (χ4n) is 1.44. The molecule has 88 valence electrons. The molecule has 2 aromatic rings. The Kier molecular flexibility index (Phi) is 3.36. The average Bonchev–Trinajstić information content (AvgIpc) is 2.29. The molecule has 0 radical (unpaired) electrons. The molecule has 0 aliphatic rings. The number of H-pyrrole nitrogens is 1. The molecule has 1 N–H and O–H groups in total. The zero-order chi connectivity index (χ0) is 12.4. The van der Waals surface area contributed by atoms with Gasteiger partial charge in [0.1, 0.15) is 0 Å². The van der Waals surface area contributed by atoms with Gasteiger partial charge in [0.15, 0.2) is 0 Å². The molecule has 0 spiro atoms. The fourth-order valence-corrected chi connectivity index (χ4v) is 1.82. The van der Waals surface area contributed by atoms with E-state index in [0.717, 1.165) is 4.57 Å². The van der Waals surface area contributed by atoms with Crippen LogP contribution in [0.3, 0.4) is 0 Å². The molecule has 4 nitrogen and oxygen atoms in total. The van der Waals surface area contributed by atoms with Crippen molar-refractivity contribution in [3.8, 4) is 0 Å². The highest BCUT2D eigenvalue weighted by atomic mass is 35.5. The van der Waals surface area contributed by atoms with Crippen molar-refractivity contribution in [2.45, 2.75) is 6.54 Å². The first-order valence-electron chi connectivity index (χ1n) is 4.81. The Morgan fingerprint density at radius 2 is 1.94 bits per heavy atom. The van der Waals surface area contributed by atoms with E-state index < -0.39 is 5.69 Å². The Balaban J connectivity index is 2.49. The average molecular weight is 271 g/mol. The number of nitrogens with one attached hydrogen (secondary N) is 1. The molecule has 0 saturated heterocycles. The summed E-state index contributed by atoms with van der Waals surface area (Å²) >= 11 is 11.8. The summed E-state index contributed by atoms with van der Waals surface area (Å²) in [5.41, 5.74) is -0.240. The molecule has 1 heterocycles. The van der Waals surface area contributed by atoms with Gasteiger partial charge in [0.25, 0.3) is 5.56 Å². The molecular weight excluding hydrogens is 263 g/mol. The molecule has 0 amide bonds. The van der Waals surface area contributed by atoms with Crippen molar-refractivity contribution in [3.05, 3.63) is 66.9 Å². The topological polar surface area (TPSA) is 54.9 Å². The van der Waals surface area contributed by atoms with Crippen LogP contribution in [0, 0.1) is 0 Å². The van der Waals surface area contributed by atoms with Crippen LogP contribution < -0.4 is 11.2 Å². The van der Waals surface area contributed by atoms with Crippen molar-refractivity contribution in [3.63, 3.8) is 0 Å². The van der Waals surface area contributed by atoms with E-state index in [9.17, 15) is 9.59 Å². The van der Waals surface area contributed by atoms with Gasteiger partial charge in [-0.2, -0.15) is 0 Å².